The van der Waals surface area contributed by atoms with Crippen molar-refractivity contribution in [2.75, 3.05) is 13.2 Å². The summed E-state index contributed by atoms with van der Waals surface area (Å²) >= 11 is 0. The minimum Gasteiger partial charge on any atom is -0.461 e. The highest BCUT2D eigenvalue weighted by atomic mass is 19.1. The lowest BCUT2D eigenvalue weighted by Crippen LogP contribution is -2.32. The van der Waals surface area contributed by atoms with E-state index in [1.807, 2.05) is 0 Å². The molecule has 0 spiro atoms. The molecule has 0 aliphatic carbocycles. The fourth-order valence-corrected chi connectivity index (χ4v) is 0.971. The molecule has 0 aromatic rings. The maximum absolute atomic E-state index is 13.0. The summed E-state index contributed by atoms with van der Waals surface area (Å²) < 4.78 is 22.4. The van der Waals surface area contributed by atoms with Crippen LogP contribution in [0.2, 0.25) is 0 Å². The molecule has 18 heavy (non-hydrogen) atoms. The van der Waals surface area contributed by atoms with Gasteiger partial charge >= 0.3 is 12.1 Å². The van der Waals surface area contributed by atoms with E-state index in [2.05, 4.69) is 10.1 Å². The first-order chi connectivity index (χ1) is 8.26. The Morgan fingerprint density at radius 3 is 2.44 bits per heavy atom. The van der Waals surface area contributed by atoms with Gasteiger partial charge in [-0.15, -0.1) is 0 Å². The van der Waals surface area contributed by atoms with Gasteiger partial charge in [0.25, 0.3) is 0 Å². The van der Waals surface area contributed by atoms with Gasteiger partial charge in [0.05, 0.1) is 6.61 Å². The first-order valence-electron chi connectivity index (χ1n) is 5.76. The summed E-state index contributed by atoms with van der Waals surface area (Å²) in [7, 11) is 0. The standard InChI is InChI=1S/C12H20FNO4/c1-5-17-10(15)9(13)7-6-8-14-11(16)18-12(2,3)4/h7H,5-6,8H2,1-4H3,(H,14,16)/b9-7+. The summed E-state index contributed by atoms with van der Waals surface area (Å²) in [4.78, 5) is 22.1. The number of halogens is 1. The van der Waals surface area contributed by atoms with Crippen molar-refractivity contribution in [1.29, 1.82) is 0 Å². The zero-order valence-electron chi connectivity index (χ0n) is 11.2. The minimum atomic E-state index is -0.991. The predicted octanol–water partition coefficient (Wildman–Crippen LogP) is 2.32. The van der Waals surface area contributed by atoms with Crippen LogP contribution in [0.15, 0.2) is 11.9 Å². The number of esters is 1. The zero-order valence-corrected chi connectivity index (χ0v) is 11.2. The maximum atomic E-state index is 13.0. The van der Waals surface area contributed by atoms with Crippen LogP contribution in [0, 0.1) is 0 Å². The van der Waals surface area contributed by atoms with Crippen LogP contribution >= 0.6 is 0 Å². The first-order valence-corrected chi connectivity index (χ1v) is 5.76. The van der Waals surface area contributed by atoms with E-state index >= 15 is 0 Å². The topological polar surface area (TPSA) is 64.6 Å². The molecule has 0 saturated heterocycles. The van der Waals surface area contributed by atoms with Gasteiger partial charge in [-0.25, -0.2) is 9.59 Å². The largest absolute Gasteiger partial charge is 0.461 e. The molecular formula is C12H20FNO4. The van der Waals surface area contributed by atoms with Crippen LogP contribution in [-0.2, 0) is 14.3 Å². The van der Waals surface area contributed by atoms with E-state index in [1.165, 1.54) is 0 Å². The highest BCUT2D eigenvalue weighted by Crippen LogP contribution is 2.06. The number of carbonyl (C=O) groups is 2. The lowest BCUT2D eigenvalue weighted by Gasteiger charge is -2.19. The van der Waals surface area contributed by atoms with Crippen LogP contribution in [0.25, 0.3) is 0 Å². The number of carbonyl (C=O) groups excluding carboxylic acids is 2. The Labute approximate surface area is 106 Å². The number of rotatable bonds is 5. The number of nitrogens with one attached hydrogen (secondary N) is 1. The van der Waals surface area contributed by atoms with Crippen LogP contribution < -0.4 is 5.32 Å². The summed E-state index contributed by atoms with van der Waals surface area (Å²) in [6.45, 7) is 7.12. The van der Waals surface area contributed by atoms with Crippen LogP contribution in [-0.4, -0.2) is 30.8 Å². The van der Waals surface area contributed by atoms with Crippen molar-refractivity contribution in [3.05, 3.63) is 11.9 Å². The van der Waals surface area contributed by atoms with Gasteiger partial charge in [0.15, 0.2) is 0 Å². The molecule has 0 heterocycles. The van der Waals surface area contributed by atoms with E-state index in [1.54, 1.807) is 27.7 Å². The van der Waals surface area contributed by atoms with Gasteiger partial charge < -0.3 is 14.8 Å². The number of alkyl carbamates (subject to hydrolysis) is 1. The Bertz CT molecular complexity index is 321. The molecule has 0 aliphatic rings. The number of ether oxygens (including phenoxy) is 2. The Kier molecular flexibility index (Phi) is 7.00. The van der Waals surface area contributed by atoms with Gasteiger partial charge in [0.1, 0.15) is 5.60 Å². The number of amides is 1. The molecule has 0 rings (SSSR count). The van der Waals surface area contributed by atoms with Crippen molar-refractivity contribution < 1.29 is 23.5 Å². The van der Waals surface area contributed by atoms with E-state index in [4.69, 9.17) is 4.74 Å². The SMILES string of the molecule is CCOC(=O)/C(F)=C\CCNC(=O)OC(C)(C)C. The van der Waals surface area contributed by atoms with Crippen LogP contribution in [0.4, 0.5) is 9.18 Å². The third-order valence-electron chi connectivity index (χ3n) is 1.61. The molecule has 0 saturated carbocycles. The van der Waals surface area contributed by atoms with E-state index in [9.17, 15) is 14.0 Å². The molecule has 6 heteroatoms. The summed E-state index contributed by atoms with van der Waals surface area (Å²) in [5, 5.41) is 2.44. The van der Waals surface area contributed by atoms with Crippen molar-refractivity contribution in [2.45, 2.75) is 39.7 Å². The Hall–Kier alpha value is -1.59. The molecule has 0 radical (unpaired) electrons. The third kappa shape index (κ3) is 8.55. The van der Waals surface area contributed by atoms with Crippen molar-refractivity contribution in [3.8, 4) is 0 Å². The fraction of sp³-hybridized carbons (Fsp3) is 0.667. The van der Waals surface area contributed by atoms with Gasteiger partial charge in [-0.1, -0.05) is 0 Å². The average Bonchev–Trinajstić information content (AvgIpc) is 2.21. The molecular weight excluding hydrogens is 241 g/mol. The molecule has 0 atom stereocenters. The second-order valence-electron chi connectivity index (χ2n) is 4.49. The van der Waals surface area contributed by atoms with Gasteiger partial charge in [-0.05, 0) is 40.2 Å². The second kappa shape index (κ2) is 7.68. The number of hydrogen-bond acceptors (Lipinski definition) is 4. The van der Waals surface area contributed by atoms with Gasteiger partial charge in [-0.2, -0.15) is 4.39 Å². The normalized spacial score (nSPS) is 11.9. The van der Waals surface area contributed by atoms with Crippen LogP contribution in [0.3, 0.4) is 0 Å². The van der Waals surface area contributed by atoms with E-state index in [0.717, 1.165) is 6.08 Å². The molecule has 0 aromatic carbocycles. The molecule has 0 bridgehead atoms. The molecule has 104 valence electrons. The minimum absolute atomic E-state index is 0.121. The van der Waals surface area contributed by atoms with Crippen molar-refractivity contribution in [2.24, 2.45) is 0 Å². The first kappa shape index (κ1) is 16.4. The zero-order chi connectivity index (χ0) is 14.2. The molecule has 0 fully saturated rings. The summed E-state index contributed by atoms with van der Waals surface area (Å²) in [5.41, 5.74) is -0.573. The molecule has 0 unspecified atom stereocenters. The monoisotopic (exact) mass is 261 g/mol. The predicted molar refractivity (Wildman–Crippen MR) is 64.7 cm³/mol. The van der Waals surface area contributed by atoms with Gasteiger partial charge in [0.2, 0.25) is 5.83 Å². The molecule has 1 N–H and O–H groups in total. The molecule has 0 aromatic heterocycles. The van der Waals surface area contributed by atoms with Gasteiger partial charge in [-0.3, -0.25) is 0 Å². The molecule has 0 aliphatic heterocycles. The lowest BCUT2D eigenvalue weighted by atomic mass is 10.2. The summed E-state index contributed by atoms with van der Waals surface area (Å²) in [5.74, 6) is -1.95. The fourth-order valence-electron chi connectivity index (χ4n) is 0.971. The van der Waals surface area contributed by atoms with E-state index in [-0.39, 0.29) is 19.6 Å². The Balaban J connectivity index is 3.89. The maximum Gasteiger partial charge on any atom is 0.407 e. The summed E-state index contributed by atoms with van der Waals surface area (Å²) in [6.07, 6.45) is 0.673. The van der Waals surface area contributed by atoms with E-state index in [0.29, 0.717) is 0 Å². The van der Waals surface area contributed by atoms with Crippen LogP contribution in [0.5, 0.6) is 0 Å². The smallest absolute Gasteiger partial charge is 0.407 e. The quantitative estimate of drug-likeness (QED) is 0.468. The summed E-state index contributed by atoms with van der Waals surface area (Å²) in [6, 6.07) is 0. The molecule has 1 amide bonds. The molecule has 5 nitrogen and oxygen atoms in total. The third-order valence-corrected chi connectivity index (χ3v) is 1.61. The second-order valence-corrected chi connectivity index (χ2v) is 4.49. The Morgan fingerprint density at radius 1 is 1.33 bits per heavy atom. The highest BCUT2D eigenvalue weighted by Gasteiger charge is 2.15. The Morgan fingerprint density at radius 2 is 1.94 bits per heavy atom. The van der Waals surface area contributed by atoms with E-state index < -0.39 is 23.5 Å². The average molecular weight is 261 g/mol. The van der Waals surface area contributed by atoms with Crippen LogP contribution in [0.1, 0.15) is 34.1 Å². The van der Waals surface area contributed by atoms with Crippen molar-refractivity contribution in [3.63, 3.8) is 0 Å². The van der Waals surface area contributed by atoms with Gasteiger partial charge in [0, 0.05) is 6.54 Å². The van der Waals surface area contributed by atoms with Crippen molar-refractivity contribution >= 4 is 12.1 Å². The number of hydrogen-bond donors (Lipinski definition) is 1. The van der Waals surface area contributed by atoms with Crippen molar-refractivity contribution in [1.82, 2.24) is 5.32 Å². The lowest BCUT2D eigenvalue weighted by molar-refractivity contribution is -0.140. The highest BCUT2D eigenvalue weighted by molar-refractivity contribution is 5.85.